The fraction of sp³-hybridized carbons (Fsp3) is 0.583. The van der Waals surface area contributed by atoms with Crippen LogP contribution in [0.1, 0.15) is 27.2 Å². The van der Waals surface area contributed by atoms with Gasteiger partial charge in [0.2, 0.25) is 11.8 Å². The molecule has 1 unspecified atom stereocenters. The van der Waals surface area contributed by atoms with Crippen molar-refractivity contribution in [3.63, 3.8) is 0 Å². The molecule has 1 atom stereocenters. The lowest BCUT2D eigenvalue weighted by atomic mass is 10.0. The molecule has 1 aromatic heterocycles. The van der Waals surface area contributed by atoms with E-state index >= 15 is 0 Å². The number of nitrogens with one attached hydrogen (secondary N) is 1. The molecular formula is C12H21N5O2. The molecule has 1 aromatic rings. The zero-order valence-corrected chi connectivity index (χ0v) is 11.5. The quantitative estimate of drug-likeness (QED) is 0.672. The van der Waals surface area contributed by atoms with Gasteiger partial charge in [-0.25, -0.2) is 4.98 Å². The maximum Gasteiger partial charge on any atom is 0.242 e. The van der Waals surface area contributed by atoms with Crippen molar-refractivity contribution in [3.05, 3.63) is 6.33 Å². The van der Waals surface area contributed by atoms with E-state index in [1.807, 2.05) is 20.8 Å². The molecule has 19 heavy (non-hydrogen) atoms. The Morgan fingerprint density at radius 1 is 1.47 bits per heavy atom. The average molecular weight is 267 g/mol. The standard InChI is InChI=1S/C12H21N5O2/c1-4-5-19-12-8(13)11(15-6-16-12)17-9(7(2)3)10(14)18/h6-7,9H,4-5,13H2,1-3H3,(H2,14,18)(H,15,16,17). The van der Waals surface area contributed by atoms with Crippen LogP contribution < -0.4 is 21.5 Å². The first-order valence-electron chi connectivity index (χ1n) is 6.26. The highest BCUT2D eigenvalue weighted by Gasteiger charge is 2.21. The van der Waals surface area contributed by atoms with Gasteiger partial charge in [0.15, 0.2) is 5.82 Å². The summed E-state index contributed by atoms with van der Waals surface area (Å²) in [6.45, 7) is 6.27. The number of amides is 1. The molecule has 0 aliphatic heterocycles. The van der Waals surface area contributed by atoms with Gasteiger partial charge >= 0.3 is 0 Å². The first kappa shape index (κ1) is 15.0. The molecule has 0 spiro atoms. The zero-order valence-electron chi connectivity index (χ0n) is 11.5. The molecule has 0 radical (unpaired) electrons. The molecular weight excluding hydrogens is 246 g/mol. The number of nitrogen functional groups attached to an aromatic ring is 1. The van der Waals surface area contributed by atoms with Crippen LogP contribution in [0, 0.1) is 5.92 Å². The summed E-state index contributed by atoms with van der Waals surface area (Å²) in [5.41, 5.74) is 11.5. The Hall–Kier alpha value is -2.05. The molecule has 0 saturated heterocycles. The summed E-state index contributed by atoms with van der Waals surface area (Å²) in [5.74, 6) is 0.237. The number of anilines is 2. The lowest BCUT2D eigenvalue weighted by molar-refractivity contribution is -0.119. The van der Waals surface area contributed by atoms with E-state index < -0.39 is 11.9 Å². The van der Waals surface area contributed by atoms with Crippen LogP contribution in [0.15, 0.2) is 6.33 Å². The van der Waals surface area contributed by atoms with E-state index in [4.69, 9.17) is 16.2 Å². The Kier molecular flexibility index (Phi) is 5.35. The number of ether oxygens (including phenoxy) is 1. The summed E-state index contributed by atoms with van der Waals surface area (Å²) in [7, 11) is 0. The number of carbonyl (C=O) groups is 1. The summed E-state index contributed by atoms with van der Waals surface area (Å²) in [6, 6.07) is -0.545. The van der Waals surface area contributed by atoms with Crippen molar-refractivity contribution in [2.45, 2.75) is 33.2 Å². The highest BCUT2D eigenvalue weighted by molar-refractivity contribution is 5.84. The number of aromatic nitrogens is 2. The van der Waals surface area contributed by atoms with Crippen molar-refractivity contribution in [2.24, 2.45) is 11.7 Å². The minimum absolute atomic E-state index is 0.0203. The molecule has 7 heteroatoms. The van der Waals surface area contributed by atoms with Crippen LogP contribution in [0.4, 0.5) is 11.5 Å². The predicted octanol–water partition coefficient (Wildman–Crippen LogP) is 0.769. The van der Waals surface area contributed by atoms with Gasteiger partial charge in [0.25, 0.3) is 0 Å². The van der Waals surface area contributed by atoms with Gasteiger partial charge in [0.1, 0.15) is 18.1 Å². The van der Waals surface area contributed by atoms with Crippen molar-refractivity contribution in [3.8, 4) is 5.88 Å². The van der Waals surface area contributed by atoms with Crippen molar-refractivity contribution < 1.29 is 9.53 Å². The van der Waals surface area contributed by atoms with Crippen LogP contribution in [0.2, 0.25) is 0 Å². The summed E-state index contributed by atoms with van der Waals surface area (Å²) in [4.78, 5) is 19.3. The van der Waals surface area contributed by atoms with E-state index in [2.05, 4.69) is 15.3 Å². The second-order valence-electron chi connectivity index (χ2n) is 4.56. The Bertz CT molecular complexity index is 436. The molecule has 1 amide bonds. The SMILES string of the molecule is CCCOc1ncnc(NC(C(N)=O)C(C)C)c1N. The number of carbonyl (C=O) groups excluding carboxylic acids is 1. The van der Waals surface area contributed by atoms with Gasteiger partial charge < -0.3 is 21.5 Å². The van der Waals surface area contributed by atoms with Crippen molar-refractivity contribution in [2.75, 3.05) is 17.7 Å². The largest absolute Gasteiger partial charge is 0.476 e. The Morgan fingerprint density at radius 2 is 2.16 bits per heavy atom. The third-order valence-electron chi connectivity index (χ3n) is 2.56. The third kappa shape index (κ3) is 3.97. The maximum atomic E-state index is 11.4. The van der Waals surface area contributed by atoms with E-state index in [0.29, 0.717) is 18.3 Å². The van der Waals surface area contributed by atoms with Gasteiger partial charge in [-0.3, -0.25) is 4.79 Å². The number of hydrogen-bond acceptors (Lipinski definition) is 6. The van der Waals surface area contributed by atoms with Gasteiger partial charge in [-0.15, -0.1) is 0 Å². The van der Waals surface area contributed by atoms with Crippen molar-refractivity contribution >= 4 is 17.4 Å². The monoisotopic (exact) mass is 267 g/mol. The van der Waals surface area contributed by atoms with Crippen LogP contribution in [0.3, 0.4) is 0 Å². The summed E-state index contributed by atoms with van der Waals surface area (Å²) >= 11 is 0. The number of nitrogens with two attached hydrogens (primary N) is 2. The minimum atomic E-state index is -0.545. The van der Waals surface area contributed by atoms with Crippen LogP contribution in [-0.4, -0.2) is 28.5 Å². The summed E-state index contributed by atoms with van der Waals surface area (Å²) in [6.07, 6.45) is 2.18. The Morgan fingerprint density at radius 3 is 2.68 bits per heavy atom. The fourth-order valence-corrected chi connectivity index (χ4v) is 1.52. The number of rotatable bonds is 7. The number of nitrogens with zero attached hydrogens (tertiary/aromatic N) is 2. The topological polar surface area (TPSA) is 116 Å². The summed E-state index contributed by atoms with van der Waals surface area (Å²) in [5, 5.41) is 2.93. The minimum Gasteiger partial charge on any atom is -0.476 e. The molecule has 0 aliphatic rings. The van der Waals surface area contributed by atoms with E-state index in [9.17, 15) is 4.79 Å². The van der Waals surface area contributed by atoms with Gasteiger partial charge in [-0.05, 0) is 12.3 Å². The summed E-state index contributed by atoms with van der Waals surface area (Å²) < 4.78 is 5.40. The van der Waals surface area contributed by atoms with E-state index in [1.165, 1.54) is 6.33 Å². The van der Waals surface area contributed by atoms with Crippen molar-refractivity contribution in [1.29, 1.82) is 0 Å². The molecule has 0 fully saturated rings. The second kappa shape index (κ2) is 6.77. The van der Waals surface area contributed by atoms with Crippen molar-refractivity contribution in [1.82, 2.24) is 9.97 Å². The lowest BCUT2D eigenvalue weighted by Crippen LogP contribution is -2.40. The van der Waals surface area contributed by atoms with Gasteiger partial charge in [-0.1, -0.05) is 20.8 Å². The molecule has 0 aliphatic carbocycles. The lowest BCUT2D eigenvalue weighted by Gasteiger charge is -2.20. The second-order valence-corrected chi connectivity index (χ2v) is 4.56. The molecule has 5 N–H and O–H groups in total. The fourth-order valence-electron chi connectivity index (χ4n) is 1.52. The van der Waals surface area contributed by atoms with Crippen LogP contribution >= 0.6 is 0 Å². The average Bonchev–Trinajstić information content (AvgIpc) is 2.35. The highest BCUT2D eigenvalue weighted by Crippen LogP contribution is 2.25. The maximum absolute atomic E-state index is 11.4. The molecule has 0 aromatic carbocycles. The van der Waals surface area contributed by atoms with Crippen LogP contribution in [0.25, 0.3) is 0 Å². The third-order valence-corrected chi connectivity index (χ3v) is 2.56. The molecule has 1 heterocycles. The van der Waals surface area contributed by atoms with E-state index in [1.54, 1.807) is 0 Å². The Labute approximate surface area is 112 Å². The van der Waals surface area contributed by atoms with Gasteiger partial charge in [-0.2, -0.15) is 4.98 Å². The van der Waals surface area contributed by atoms with Crippen LogP contribution in [-0.2, 0) is 4.79 Å². The van der Waals surface area contributed by atoms with E-state index in [0.717, 1.165) is 6.42 Å². The normalized spacial score (nSPS) is 12.2. The predicted molar refractivity (Wildman–Crippen MR) is 73.7 cm³/mol. The first-order chi connectivity index (χ1) is 8.97. The molecule has 106 valence electrons. The number of primary amides is 1. The molecule has 1 rings (SSSR count). The van der Waals surface area contributed by atoms with Crippen LogP contribution in [0.5, 0.6) is 5.88 Å². The molecule has 0 saturated carbocycles. The van der Waals surface area contributed by atoms with Gasteiger partial charge in [0, 0.05) is 0 Å². The smallest absolute Gasteiger partial charge is 0.242 e. The molecule has 7 nitrogen and oxygen atoms in total. The zero-order chi connectivity index (χ0) is 14.4. The van der Waals surface area contributed by atoms with Gasteiger partial charge in [0.05, 0.1) is 6.61 Å². The highest BCUT2D eigenvalue weighted by atomic mass is 16.5. The Balaban J connectivity index is 2.91. The first-order valence-corrected chi connectivity index (χ1v) is 6.26. The number of hydrogen-bond donors (Lipinski definition) is 3. The molecule has 0 bridgehead atoms. The van der Waals surface area contributed by atoms with E-state index in [-0.39, 0.29) is 11.6 Å².